The van der Waals surface area contributed by atoms with Crippen LogP contribution in [0.1, 0.15) is 64.3 Å². The molecule has 2 aliphatic carbocycles. The van der Waals surface area contributed by atoms with Crippen LogP contribution in [0.2, 0.25) is 0 Å². The van der Waals surface area contributed by atoms with Crippen LogP contribution in [0.15, 0.2) is 12.1 Å². The second-order valence-electron chi connectivity index (χ2n) is 9.40. The van der Waals surface area contributed by atoms with Gasteiger partial charge in [-0.3, -0.25) is 4.79 Å². The minimum absolute atomic E-state index is 0.145. The number of methoxy groups -OCH3 is 2. The number of benzene rings is 1. The molecule has 1 aromatic carbocycles. The van der Waals surface area contributed by atoms with Crippen molar-refractivity contribution in [3.63, 3.8) is 0 Å². The molecule has 31 heavy (non-hydrogen) atoms. The predicted octanol–water partition coefficient (Wildman–Crippen LogP) is 4.94. The van der Waals surface area contributed by atoms with Gasteiger partial charge in [0, 0.05) is 11.3 Å². The minimum atomic E-state index is -0.598. The Morgan fingerprint density at radius 1 is 1.26 bits per heavy atom. The summed E-state index contributed by atoms with van der Waals surface area (Å²) in [5.41, 5.74) is 4.13. The summed E-state index contributed by atoms with van der Waals surface area (Å²) in [7, 11) is 3.15. The zero-order chi connectivity index (χ0) is 22.5. The molecule has 0 saturated heterocycles. The van der Waals surface area contributed by atoms with Gasteiger partial charge in [0.1, 0.15) is 6.61 Å². The highest BCUT2D eigenvalue weighted by atomic mass is 32.1. The lowest BCUT2D eigenvalue weighted by molar-refractivity contribution is 0.0985. The number of hydrogen-bond acceptors (Lipinski definition) is 6. The first-order valence-electron chi connectivity index (χ1n) is 10.9. The molecule has 1 N–H and O–H groups in total. The van der Waals surface area contributed by atoms with Crippen LogP contribution in [0.4, 0.5) is 0 Å². The molecule has 6 heteroatoms. The van der Waals surface area contributed by atoms with Crippen molar-refractivity contribution >= 4 is 17.1 Å². The second-order valence-corrected chi connectivity index (χ2v) is 10.6. The van der Waals surface area contributed by atoms with E-state index in [1.807, 2.05) is 12.1 Å². The van der Waals surface area contributed by atoms with E-state index >= 15 is 0 Å². The highest BCUT2D eigenvalue weighted by Crippen LogP contribution is 2.71. The zero-order valence-corrected chi connectivity index (χ0v) is 20.0. The van der Waals surface area contributed by atoms with E-state index in [9.17, 15) is 9.90 Å². The van der Waals surface area contributed by atoms with E-state index in [-0.39, 0.29) is 12.4 Å². The lowest BCUT2D eigenvalue weighted by Crippen LogP contribution is -2.14. The second kappa shape index (κ2) is 8.14. The molecule has 1 aromatic heterocycles. The van der Waals surface area contributed by atoms with Crippen molar-refractivity contribution in [1.29, 1.82) is 0 Å². The molecular weight excluding hydrogens is 412 g/mol. The Morgan fingerprint density at radius 2 is 1.90 bits per heavy atom. The van der Waals surface area contributed by atoms with Crippen LogP contribution in [-0.2, 0) is 12.8 Å². The topological polar surface area (TPSA) is 65.0 Å². The van der Waals surface area contributed by atoms with Crippen molar-refractivity contribution < 1.29 is 24.1 Å². The summed E-state index contributed by atoms with van der Waals surface area (Å²) in [5, 5.41) is 9.52. The highest BCUT2D eigenvalue weighted by Gasteiger charge is 2.63. The summed E-state index contributed by atoms with van der Waals surface area (Å²) in [6, 6.07) is 3.77. The number of rotatable bonds is 9. The van der Waals surface area contributed by atoms with Gasteiger partial charge in [-0.05, 0) is 72.8 Å². The molecule has 1 fully saturated rings. The molecule has 2 aliphatic rings. The van der Waals surface area contributed by atoms with Crippen LogP contribution in [0.3, 0.4) is 0 Å². The zero-order valence-electron chi connectivity index (χ0n) is 19.2. The van der Waals surface area contributed by atoms with Gasteiger partial charge in [-0.2, -0.15) is 0 Å². The molecule has 0 radical (unpaired) electrons. The summed E-state index contributed by atoms with van der Waals surface area (Å²) in [6.07, 6.45) is 1.51. The summed E-state index contributed by atoms with van der Waals surface area (Å²) in [4.78, 5) is 15.4. The Morgan fingerprint density at radius 3 is 2.48 bits per heavy atom. The maximum absolute atomic E-state index is 13.1. The van der Waals surface area contributed by atoms with Gasteiger partial charge in [-0.1, -0.05) is 13.8 Å². The number of aliphatic hydroxyl groups excluding tert-OH is 1. The smallest absolute Gasteiger partial charge is 0.203 e. The molecule has 1 heterocycles. The summed E-state index contributed by atoms with van der Waals surface area (Å²) < 4.78 is 16.6. The molecule has 0 spiro atoms. The van der Waals surface area contributed by atoms with Gasteiger partial charge < -0.3 is 19.3 Å². The Bertz CT molecular complexity index is 979. The van der Waals surface area contributed by atoms with Crippen LogP contribution < -0.4 is 14.2 Å². The molecule has 168 valence electrons. The molecule has 3 atom stereocenters. The summed E-state index contributed by atoms with van der Waals surface area (Å²) in [6.45, 7) is 8.66. The standard InChI is InChI=1S/C25H32O5S/c1-13(26)12-30-23-19(28-5)9-15(10-20(23)29-6)7-8-18(27)24-16-11-17-22(25(17,3)4)21(16)14(2)31-24/h9-10,13,17,22,26H,7-8,11-12H2,1-6H3/t13?,17-,22-/m1/s1. The number of aliphatic hydroxyl groups is 1. The first-order valence-corrected chi connectivity index (χ1v) is 11.7. The number of aryl methyl sites for hydroxylation is 2. The van der Waals surface area contributed by atoms with Crippen LogP contribution in [-0.4, -0.2) is 37.8 Å². The number of thiophene rings is 1. The SMILES string of the molecule is COc1cc(CCC(=O)c2sc(C)c3c2C[C@@H]2[C@H]3C2(C)C)cc(OC)c1OCC(C)O. The third kappa shape index (κ3) is 3.85. The normalized spacial score (nSPS) is 21.3. The Hall–Kier alpha value is -2.05. The lowest BCUT2D eigenvalue weighted by Gasteiger charge is -2.17. The maximum Gasteiger partial charge on any atom is 0.203 e. The maximum atomic E-state index is 13.1. The average Bonchev–Trinajstić information content (AvgIpc) is 3.05. The Kier molecular flexibility index (Phi) is 5.81. The van der Waals surface area contributed by atoms with Crippen LogP contribution in [0.25, 0.3) is 0 Å². The molecule has 1 saturated carbocycles. The summed E-state index contributed by atoms with van der Waals surface area (Å²) in [5.74, 6) is 3.12. The van der Waals surface area contributed by atoms with Gasteiger partial charge in [-0.25, -0.2) is 0 Å². The molecular formula is C25H32O5S. The molecule has 5 nitrogen and oxygen atoms in total. The lowest BCUT2D eigenvalue weighted by atomic mass is 9.94. The fourth-order valence-electron chi connectivity index (χ4n) is 5.15. The molecule has 0 bridgehead atoms. The Labute approximate surface area is 188 Å². The van der Waals surface area contributed by atoms with E-state index in [1.165, 1.54) is 16.0 Å². The van der Waals surface area contributed by atoms with Gasteiger partial charge in [0.2, 0.25) is 5.75 Å². The highest BCUT2D eigenvalue weighted by molar-refractivity contribution is 7.14. The van der Waals surface area contributed by atoms with Gasteiger partial charge in [-0.15, -0.1) is 11.3 Å². The van der Waals surface area contributed by atoms with E-state index in [0.717, 1.165) is 16.9 Å². The largest absolute Gasteiger partial charge is 0.493 e. The predicted molar refractivity (Wildman–Crippen MR) is 122 cm³/mol. The van der Waals surface area contributed by atoms with Gasteiger partial charge in [0.05, 0.1) is 25.2 Å². The van der Waals surface area contributed by atoms with Crippen molar-refractivity contribution in [2.45, 2.75) is 59.0 Å². The molecule has 0 aliphatic heterocycles. The number of fused-ring (bicyclic) bond motifs is 3. The Balaban J connectivity index is 1.49. The number of hydrogen-bond donors (Lipinski definition) is 1. The number of Topliss-reactive ketones (excluding diaryl/α,β-unsaturated/α-hetero) is 1. The van der Waals surface area contributed by atoms with Crippen LogP contribution in [0.5, 0.6) is 17.2 Å². The van der Waals surface area contributed by atoms with Crippen LogP contribution in [0, 0.1) is 18.3 Å². The average molecular weight is 445 g/mol. The molecule has 0 amide bonds. The fourth-order valence-corrected chi connectivity index (χ4v) is 6.35. The number of ether oxygens (including phenoxy) is 3. The van der Waals surface area contributed by atoms with Gasteiger partial charge in [0.15, 0.2) is 17.3 Å². The molecule has 1 unspecified atom stereocenters. The molecule has 2 aromatic rings. The monoisotopic (exact) mass is 444 g/mol. The van der Waals surface area contributed by atoms with Gasteiger partial charge in [0.25, 0.3) is 0 Å². The quantitative estimate of drug-likeness (QED) is 0.555. The first-order chi connectivity index (χ1) is 14.7. The van der Waals surface area contributed by atoms with Crippen LogP contribution >= 0.6 is 11.3 Å². The van der Waals surface area contributed by atoms with Crippen molar-refractivity contribution in [2.24, 2.45) is 11.3 Å². The van der Waals surface area contributed by atoms with E-state index in [0.29, 0.717) is 47.3 Å². The van der Waals surface area contributed by atoms with Gasteiger partial charge >= 0.3 is 0 Å². The van der Waals surface area contributed by atoms with E-state index in [1.54, 1.807) is 32.5 Å². The van der Waals surface area contributed by atoms with E-state index in [4.69, 9.17) is 14.2 Å². The minimum Gasteiger partial charge on any atom is -0.493 e. The third-order valence-corrected chi connectivity index (χ3v) is 8.11. The van der Waals surface area contributed by atoms with E-state index in [2.05, 4.69) is 20.8 Å². The third-order valence-electron chi connectivity index (χ3n) is 6.90. The van der Waals surface area contributed by atoms with Crippen molar-refractivity contribution in [1.82, 2.24) is 0 Å². The molecule has 4 rings (SSSR count). The first kappa shape index (κ1) is 22.2. The van der Waals surface area contributed by atoms with E-state index < -0.39 is 6.10 Å². The number of carbonyl (C=O) groups is 1. The van der Waals surface area contributed by atoms with Crippen molar-refractivity contribution in [3.8, 4) is 17.2 Å². The number of ketones is 1. The number of carbonyl (C=O) groups excluding carboxylic acids is 1. The van der Waals surface area contributed by atoms with Crippen molar-refractivity contribution in [2.75, 3.05) is 20.8 Å². The summed E-state index contributed by atoms with van der Waals surface area (Å²) >= 11 is 1.68. The van der Waals surface area contributed by atoms with Crippen molar-refractivity contribution in [3.05, 3.63) is 38.6 Å². The fraction of sp³-hybridized carbons (Fsp3) is 0.560.